The molecule has 12 heavy (non-hydrogen) atoms. The Balaban J connectivity index is 2.14. The van der Waals surface area contributed by atoms with Crippen LogP contribution < -0.4 is 0 Å². The summed E-state index contributed by atoms with van der Waals surface area (Å²) in [7, 11) is 0. The van der Waals surface area contributed by atoms with Crippen molar-refractivity contribution in [3.05, 3.63) is 17.1 Å². The van der Waals surface area contributed by atoms with Crippen LogP contribution >= 0.6 is 0 Å². The van der Waals surface area contributed by atoms with Crippen LogP contribution in [0.3, 0.4) is 0 Å². The third-order valence-electron chi connectivity index (χ3n) is 2.17. The summed E-state index contributed by atoms with van der Waals surface area (Å²) in [5, 5.41) is 3.02. The fourth-order valence-electron chi connectivity index (χ4n) is 1.45. The molecule has 3 nitrogen and oxygen atoms in total. The van der Waals surface area contributed by atoms with Crippen LogP contribution in [0.1, 0.15) is 26.2 Å². The van der Waals surface area contributed by atoms with Crippen LogP contribution in [-0.2, 0) is 4.74 Å². The van der Waals surface area contributed by atoms with Gasteiger partial charge in [0, 0.05) is 0 Å². The largest absolute Gasteiger partial charge is 0.374 e. The Morgan fingerprint density at radius 1 is 1.58 bits per heavy atom. The summed E-state index contributed by atoms with van der Waals surface area (Å²) in [5.74, 6) is 0. The van der Waals surface area contributed by atoms with Crippen molar-refractivity contribution in [2.24, 2.45) is 5.18 Å². The topological polar surface area (TPSA) is 38.7 Å². The summed E-state index contributed by atoms with van der Waals surface area (Å²) >= 11 is 0. The summed E-state index contributed by atoms with van der Waals surface area (Å²) < 4.78 is 5.49. The predicted octanol–water partition coefficient (Wildman–Crippen LogP) is 2.27. The molecule has 68 valence electrons. The van der Waals surface area contributed by atoms with Gasteiger partial charge in [0.05, 0.1) is 18.8 Å². The highest BCUT2D eigenvalue weighted by Crippen LogP contribution is 2.24. The van der Waals surface area contributed by atoms with Gasteiger partial charge in [0.2, 0.25) is 0 Å². The smallest absolute Gasteiger partial charge is 0.0945 e. The van der Waals surface area contributed by atoms with Gasteiger partial charge in [0.15, 0.2) is 0 Å². The molecule has 0 radical (unpaired) electrons. The van der Waals surface area contributed by atoms with Crippen LogP contribution in [0.4, 0.5) is 0 Å². The van der Waals surface area contributed by atoms with Gasteiger partial charge < -0.3 is 4.74 Å². The van der Waals surface area contributed by atoms with Crippen LogP contribution in [0.25, 0.3) is 0 Å². The maximum absolute atomic E-state index is 10.2. The fraction of sp³-hybridized carbons (Fsp3) is 0.778. The molecule has 0 bridgehead atoms. The Morgan fingerprint density at radius 3 is 3.00 bits per heavy atom. The number of nitrogens with zero attached hydrogens (tertiary/aromatic N) is 1. The van der Waals surface area contributed by atoms with Crippen LogP contribution in [-0.4, -0.2) is 18.8 Å². The molecular weight excluding hydrogens is 154 g/mol. The van der Waals surface area contributed by atoms with Crippen LogP contribution in [0.15, 0.2) is 17.3 Å². The van der Waals surface area contributed by atoms with Gasteiger partial charge in [-0.3, -0.25) is 0 Å². The summed E-state index contributed by atoms with van der Waals surface area (Å²) in [6.07, 6.45) is 6.87. The molecule has 0 amide bonds. The van der Waals surface area contributed by atoms with Gasteiger partial charge in [-0.15, -0.1) is 0 Å². The quantitative estimate of drug-likeness (QED) is 0.478. The second kappa shape index (κ2) is 5.04. The lowest BCUT2D eigenvalue weighted by atomic mass is 10.3. The van der Waals surface area contributed by atoms with Crippen LogP contribution in [0.5, 0.6) is 0 Å². The molecule has 1 aliphatic carbocycles. The average molecular weight is 169 g/mol. The van der Waals surface area contributed by atoms with E-state index in [1.165, 1.54) is 0 Å². The Bertz CT molecular complexity index is 168. The second-order valence-corrected chi connectivity index (χ2v) is 3.10. The third kappa shape index (κ3) is 2.74. The third-order valence-corrected chi connectivity index (χ3v) is 2.17. The minimum atomic E-state index is 0.000561. The average Bonchev–Trinajstić information content (AvgIpc) is 2.53. The Labute approximate surface area is 72.8 Å². The zero-order valence-corrected chi connectivity index (χ0v) is 7.40. The van der Waals surface area contributed by atoms with E-state index in [2.05, 4.69) is 5.18 Å². The highest BCUT2D eigenvalue weighted by Gasteiger charge is 2.25. The molecule has 0 aliphatic heterocycles. The van der Waals surface area contributed by atoms with E-state index in [4.69, 9.17) is 4.74 Å². The Kier molecular flexibility index (Phi) is 3.94. The Morgan fingerprint density at radius 2 is 2.42 bits per heavy atom. The number of rotatable bonds is 4. The van der Waals surface area contributed by atoms with Crippen LogP contribution in [0, 0.1) is 4.91 Å². The molecule has 3 heteroatoms. The van der Waals surface area contributed by atoms with Crippen molar-refractivity contribution in [1.29, 1.82) is 0 Å². The Hall–Kier alpha value is -0.700. The minimum Gasteiger partial charge on any atom is -0.374 e. The summed E-state index contributed by atoms with van der Waals surface area (Å²) in [5.41, 5.74) is 0. The van der Waals surface area contributed by atoms with Crippen molar-refractivity contribution in [3.63, 3.8) is 0 Å². The predicted molar refractivity (Wildman–Crippen MR) is 48.0 cm³/mol. The van der Waals surface area contributed by atoms with Crippen molar-refractivity contribution in [1.82, 2.24) is 0 Å². The van der Waals surface area contributed by atoms with E-state index < -0.39 is 0 Å². The van der Waals surface area contributed by atoms with Crippen molar-refractivity contribution < 1.29 is 4.74 Å². The van der Waals surface area contributed by atoms with Gasteiger partial charge in [-0.1, -0.05) is 17.3 Å². The lowest BCUT2D eigenvalue weighted by Gasteiger charge is -2.07. The van der Waals surface area contributed by atoms with E-state index in [9.17, 15) is 4.91 Å². The first-order valence-electron chi connectivity index (χ1n) is 4.42. The van der Waals surface area contributed by atoms with Gasteiger partial charge >= 0.3 is 0 Å². The molecule has 2 atom stereocenters. The van der Waals surface area contributed by atoms with Crippen molar-refractivity contribution in [3.8, 4) is 0 Å². The zero-order valence-electron chi connectivity index (χ0n) is 7.40. The van der Waals surface area contributed by atoms with E-state index >= 15 is 0 Å². The molecule has 1 saturated carbocycles. The molecule has 1 fully saturated rings. The minimum absolute atomic E-state index is 0.000561. The van der Waals surface area contributed by atoms with E-state index in [1.54, 1.807) is 0 Å². The van der Waals surface area contributed by atoms with E-state index in [-0.39, 0.29) is 12.1 Å². The fourth-order valence-corrected chi connectivity index (χ4v) is 1.45. The monoisotopic (exact) mass is 169 g/mol. The number of nitroso groups, excluding NO2 is 1. The van der Waals surface area contributed by atoms with Crippen LogP contribution in [0.2, 0.25) is 0 Å². The van der Waals surface area contributed by atoms with E-state index in [0.29, 0.717) is 6.61 Å². The molecule has 2 unspecified atom stereocenters. The summed E-state index contributed by atoms with van der Waals surface area (Å²) in [6.45, 7) is 2.63. The van der Waals surface area contributed by atoms with Gasteiger partial charge in [-0.2, -0.15) is 4.91 Å². The van der Waals surface area contributed by atoms with Crippen molar-refractivity contribution >= 4 is 0 Å². The van der Waals surface area contributed by atoms with Crippen molar-refractivity contribution in [2.75, 3.05) is 6.61 Å². The van der Waals surface area contributed by atoms with Gasteiger partial charge in [-0.05, 0) is 26.2 Å². The number of allylic oxidation sites excluding steroid dienone is 1. The second-order valence-electron chi connectivity index (χ2n) is 3.10. The normalized spacial score (nSPS) is 29.8. The highest BCUT2D eigenvalue weighted by molar-refractivity contribution is 4.83. The molecule has 0 aromatic rings. The molecule has 0 spiro atoms. The molecule has 0 N–H and O–H groups in total. The highest BCUT2D eigenvalue weighted by atomic mass is 16.5. The lowest BCUT2D eigenvalue weighted by molar-refractivity contribution is 0.0790. The van der Waals surface area contributed by atoms with E-state index in [1.807, 2.05) is 19.1 Å². The standard InChI is InChI=1S/C9H15NO2/c1-2-3-6-12-9-5-4-8(7-9)10-11/h2-3,8-9H,4-7H2,1H3/b3-2+. The first-order chi connectivity index (χ1) is 5.86. The summed E-state index contributed by atoms with van der Waals surface area (Å²) in [4.78, 5) is 10.2. The zero-order chi connectivity index (χ0) is 8.81. The first-order valence-corrected chi connectivity index (χ1v) is 4.42. The molecule has 0 aromatic carbocycles. The number of hydrogen-bond donors (Lipinski definition) is 0. The number of hydrogen-bond acceptors (Lipinski definition) is 3. The lowest BCUT2D eigenvalue weighted by Crippen LogP contribution is -2.09. The molecule has 1 aliphatic rings. The number of ether oxygens (including phenoxy) is 1. The molecular formula is C9H15NO2. The maximum Gasteiger partial charge on any atom is 0.0945 e. The molecule has 1 rings (SSSR count). The van der Waals surface area contributed by atoms with Crippen molar-refractivity contribution in [2.45, 2.75) is 38.3 Å². The molecule has 0 heterocycles. The van der Waals surface area contributed by atoms with Gasteiger partial charge in [-0.25, -0.2) is 0 Å². The van der Waals surface area contributed by atoms with E-state index in [0.717, 1.165) is 19.3 Å². The first kappa shape index (κ1) is 9.39. The molecule has 0 aromatic heterocycles. The molecule has 0 saturated heterocycles. The SMILES string of the molecule is C/C=C/COC1CCC(N=O)C1. The maximum atomic E-state index is 10.2. The summed E-state index contributed by atoms with van der Waals surface area (Å²) in [6, 6.07) is 0.000561. The van der Waals surface area contributed by atoms with Gasteiger partial charge in [0.1, 0.15) is 0 Å². The van der Waals surface area contributed by atoms with Gasteiger partial charge in [0.25, 0.3) is 0 Å².